The number of piperidine rings is 1. The fraction of sp³-hybridized carbons (Fsp3) is 0.481. The molecule has 1 aliphatic carbocycles. The first-order valence-electron chi connectivity index (χ1n) is 11.6. The topological polar surface area (TPSA) is 51.2 Å². The van der Waals surface area contributed by atoms with Gasteiger partial charge in [0.2, 0.25) is 5.75 Å². The highest BCUT2D eigenvalue weighted by Gasteiger charge is 2.49. The largest absolute Gasteiger partial charge is 0.493 e. The summed E-state index contributed by atoms with van der Waals surface area (Å²) in [6, 6.07) is 14.6. The molecule has 2 fully saturated rings. The van der Waals surface area contributed by atoms with Crippen LogP contribution in [0.4, 0.5) is 0 Å². The van der Waals surface area contributed by atoms with Crippen molar-refractivity contribution in [2.75, 3.05) is 34.4 Å². The maximum absolute atomic E-state index is 11.6. The van der Waals surface area contributed by atoms with Crippen molar-refractivity contribution in [3.63, 3.8) is 0 Å². The zero-order chi connectivity index (χ0) is 22.6. The molecule has 2 aliphatic rings. The molecule has 5 heteroatoms. The third kappa shape index (κ3) is 4.50. The number of methoxy groups -OCH3 is 3. The monoisotopic (exact) mass is 437 g/mol. The predicted octanol–water partition coefficient (Wildman–Crippen LogP) is 5.09. The van der Waals surface area contributed by atoms with Crippen LogP contribution in [0.5, 0.6) is 17.2 Å². The number of ether oxygens (including phenoxy) is 3. The molecular weight excluding hydrogens is 402 g/mol. The molecular formula is C27H35NO4. The Labute approximate surface area is 191 Å². The summed E-state index contributed by atoms with van der Waals surface area (Å²) >= 11 is 0. The summed E-state index contributed by atoms with van der Waals surface area (Å²) in [4.78, 5) is 2.49. The number of aliphatic hydroxyl groups is 1. The van der Waals surface area contributed by atoms with Crippen molar-refractivity contribution in [1.82, 2.24) is 4.90 Å². The minimum atomic E-state index is -0.608. The molecule has 1 saturated carbocycles. The Bertz CT molecular complexity index is 904. The van der Waals surface area contributed by atoms with Crippen LogP contribution in [-0.2, 0) is 0 Å². The van der Waals surface area contributed by atoms with Gasteiger partial charge < -0.3 is 19.3 Å². The summed E-state index contributed by atoms with van der Waals surface area (Å²) in [7, 11) is 4.93. The average molecular weight is 438 g/mol. The van der Waals surface area contributed by atoms with E-state index in [-0.39, 0.29) is 12.0 Å². The van der Waals surface area contributed by atoms with Gasteiger partial charge in [-0.3, -0.25) is 4.90 Å². The van der Waals surface area contributed by atoms with Crippen LogP contribution in [0, 0.1) is 5.92 Å². The van der Waals surface area contributed by atoms with Crippen molar-refractivity contribution >= 4 is 6.08 Å². The molecule has 2 aromatic rings. The second-order valence-corrected chi connectivity index (χ2v) is 8.92. The minimum absolute atomic E-state index is 0.0863. The van der Waals surface area contributed by atoms with Crippen LogP contribution in [0.2, 0.25) is 0 Å². The Kier molecular flexibility index (Phi) is 7.07. The fourth-order valence-corrected chi connectivity index (χ4v) is 5.55. The smallest absolute Gasteiger partial charge is 0.203 e. The summed E-state index contributed by atoms with van der Waals surface area (Å²) in [5.74, 6) is 2.10. The van der Waals surface area contributed by atoms with Gasteiger partial charge in [0.1, 0.15) is 0 Å². The van der Waals surface area contributed by atoms with E-state index in [9.17, 15) is 5.11 Å². The fourth-order valence-electron chi connectivity index (χ4n) is 5.55. The van der Waals surface area contributed by atoms with E-state index >= 15 is 0 Å². The molecule has 3 unspecified atom stereocenters. The summed E-state index contributed by atoms with van der Waals surface area (Å²) in [5, 5.41) is 11.6. The summed E-state index contributed by atoms with van der Waals surface area (Å²) in [6.45, 7) is 1.68. The van der Waals surface area contributed by atoms with E-state index in [1.807, 2.05) is 6.07 Å². The van der Waals surface area contributed by atoms with Gasteiger partial charge in [-0.2, -0.15) is 0 Å². The maximum atomic E-state index is 11.6. The van der Waals surface area contributed by atoms with Crippen molar-refractivity contribution < 1.29 is 19.3 Å². The third-order valence-electron chi connectivity index (χ3n) is 7.15. The summed E-state index contributed by atoms with van der Waals surface area (Å²) in [5.41, 5.74) is 1.70. The first-order valence-corrected chi connectivity index (χ1v) is 11.6. The molecule has 4 rings (SSSR count). The van der Waals surface area contributed by atoms with Gasteiger partial charge in [-0.25, -0.2) is 0 Å². The average Bonchev–Trinajstić information content (AvgIpc) is 2.83. The van der Waals surface area contributed by atoms with E-state index in [2.05, 4.69) is 53.5 Å². The van der Waals surface area contributed by atoms with E-state index in [1.54, 1.807) is 21.3 Å². The molecule has 0 amide bonds. The van der Waals surface area contributed by atoms with Crippen LogP contribution >= 0.6 is 0 Å². The molecule has 5 nitrogen and oxygen atoms in total. The SMILES string of the molecule is COc1cc(C2C3CCCCC3(O)CCN2CC=Cc2ccccc2)cc(OC)c1OC. The Balaban J connectivity index is 1.70. The standard InChI is InChI=1S/C27H35NO4/c1-30-23-18-21(19-24(31-2)26(23)32-3)25-22-13-7-8-14-27(22,29)15-17-28(25)16-9-12-20-10-5-4-6-11-20/h4-6,9-12,18-19,22,25,29H,7-8,13-17H2,1-3H3. The molecule has 0 spiro atoms. The van der Waals surface area contributed by atoms with E-state index in [4.69, 9.17) is 14.2 Å². The second-order valence-electron chi connectivity index (χ2n) is 8.92. The molecule has 1 heterocycles. The van der Waals surface area contributed by atoms with Crippen LogP contribution in [-0.4, -0.2) is 50.0 Å². The molecule has 1 saturated heterocycles. The third-order valence-corrected chi connectivity index (χ3v) is 7.15. The van der Waals surface area contributed by atoms with Crippen LogP contribution in [0.15, 0.2) is 48.5 Å². The molecule has 172 valence electrons. The normalized spacial score (nSPS) is 26.0. The lowest BCUT2D eigenvalue weighted by molar-refractivity contribution is -0.122. The van der Waals surface area contributed by atoms with Gasteiger partial charge in [0.15, 0.2) is 11.5 Å². The number of fused-ring (bicyclic) bond motifs is 1. The van der Waals surface area contributed by atoms with Crippen molar-refractivity contribution in [2.24, 2.45) is 5.92 Å². The van der Waals surface area contributed by atoms with Crippen molar-refractivity contribution in [3.05, 3.63) is 59.7 Å². The van der Waals surface area contributed by atoms with Crippen LogP contribution < -0.4 is 14.2 Å². The Morgan fingerprint density at radius 1 is 1.00 bits per heavy atom. The number of hydrogen-bond acceptors (Lipinski definition) is 5. The van der Waals surface area contributed by atoms with E-state index in [0.717, 1.165) is 50.8 Å². The van der Waals surface area contributed by atoms with Crippen LogP contribution in [0.25, 0.3) is 6.08 Å². The van der Waals surface area contributed by atoms with Crippen LogP contribution in [0.3, 0.4) is 0 Å². The molecule has 32 heavy (non-hydrogen) atoms. The highest BCUT2D eigenvalue weighted by atomic mass is 16.5. The number of likely N-dealkylation sites (tertiary alicyclic amines) is 1. The second kappa shape index (κ2) is 9.97. The molecule has 0 bridgehead atoms. The van der Waals surface area contributed by atoms with Crippen molar-refractivity contribution in [3.8, 4) is 17.2 Å². The quantitative estimate of drug-likeness (QED) is 0.654. The van der Waals surface area contributed by atoms with Gasteiger partial charge in [0, 0.05) is 25.0 Å². The predicted molar refractivity (Wildman–Crippen MR) is 127 cm³/mol. The number of hydrogen-bond donors (Lipinski definition) is 1. The lowest BCUT2D eigenvalue weighted by Gasteiger charge is -2.52. The number of rotatable bonds is 7. The van der Waals surface area contributed by atoms with Gasteiger partial charge in [0.05, 0.1) is 26.9 Å². The van der Waals surface area contributed by atoms with E-state index < -0.39 is 5.60 Å². The van der Waals surface area contributed by atoms with Crippen molar-refractivity contribution in [1.29, 1.82) is 0 Å². The maximum Gasteiger partial charge on any atom is 0.203 e. The number of benzene rings is 2. The van der Waals surface area contributed by atoms with E-state index in [0.29, 0.717) is 17.2 Å². The molecule has 1 N–H and O–H groups in total. The molecule has 0 aromatic heterocycles. The van der Waals surface area contributed by atoms with Crippen molar-refractivity contribution in [2.45, 2.75) is 43.7 Å². The van der Waals surface area contributed by atoms with E-state index in [1.165, 1.54) is 5.56 Å². The highest BCUT2D eigenvalue weighted by Crippen LogP contribution is 2.51. The Hall–Kier alpha value is -2.50. The molecule has 2 aromatic carbocycles. The van der Waals surface area contributed by atoms with Crippen LogP contribution in [0.1, 0.15) is 49.3 Å². The highest BCUT2D eigenvalue weighted by molar-refractivity contribution is 5.55. The Morgan fingerprint density at radius 2 is 1.72 bits per heavy atom. The summed E-state index contributed by atoms with van der Waals surface area (Å²) in [6.07, 6.45) is 9.38. The van der Waals surface area contributed by atoms with Gasteiger partial charge in [-0.1, -0.05) is 55.3 Å². The minimum Gasteiger partial charge on any atom is -0.493 e. The van der Waals surface area contributed by atoms with Gasteiger partial charge in [-0.05, 0) is 42.5 Å². The first-order chi connectivity index (χ1) is 15.6. The lowest BCUT2D eigenvalue weighted by atomic mass is 9.66. The molecule has 3 atom stereocenters. The Morgan fingerprint density at radius 3 is 2.38 bits per heavy atom. The lowest BCUT2D eigenvalue weighted by Crippen LogP contribution is -2.54. The number of nitrogens with zero attached hydrogens (tertiary/aromatic N) is 1. The van der Waals surface area contributed by atoms with Gasteiger partial charge in [-0.15, -0.1) is 0 Å². The zero-order valence-corrected chi connectivity index (χ0v) is 19.4. The van der Waals surface area contributed by atoms with Gasteiger partial charge >= 0.3 is 0 Å². The first kappa shape index (κ1) is 22.7. The molecule has 0 radical (unpaired) electrons. The van der Waals surface area contributed by atoms with Gasteiger partial charge in [0.25, 0.3) is 0 Å². The summed E-state index contributed by atoms with van der Waals surface area (Å²) < 4.78 is 16.8. The zero-order valence-electron chi connectivity index (χ0n) is 19.4. The molecule has 1 aliphatic heterocycles.